The minimum atomic E-state index is 0.790. The van der Waals surface area contributed by atoms with Gasteiger partial charge in [0.15, 0.2) is 0 Å². The van der Waals surface area contributed by atoms with Gasteiger partial charge in [0.1, 0.15) is 0 Å². The Morgan fingerprint density at radius 2 is 2.00 bits per heavy atom. The van der Waals surface area contributed by atoms with E-state index >= 15 is 0 Å². The molecule has 0 amide bonds. The second-order valence-corrected chi connectivity index (χ2v) is 6.21. The van der Waals surface area contributed by atoms with Crippen molar-refractivity contribution in [3.05, 3.63) is 33.3 Å². The molecule has 0 aromatic heterocycles. The van der Waals surface area contributed by atoms with Gasteiger partial charge >= 0.3 is 0 Å². The summed E-state index contributed by atoms with van der Waals surface area (Å²) in [4.78, 5) is 2.55. The zero-order valence-corrected chi connectivity index (χ0v) is 12.9. The Balaban J connectivity index is 1.62. The maximum atomic E-state index is 6.01. The van der Waals surface area contributed by atoms with Gasteiger partial charge in [-0.1, -0.05) is 27.5 Å². The number of nitrogens with one attached hydrogen (secondary N) is 1. The average Bonchev–Trinajstić information content (AvgIpc) is 2.80. The lowest BCUT2D eigenvalue weighted by Gasteiger charge is -2.14. The summed E-state index contributed by atoms with van der Waals surface area (Å²) in [7, 11) is 0. The fraction of sp³-hybridized carbons (Fsp3) is 0.571. The third kappa shape index (κ3) is 4.88. The van der Waals surface area contributed by atoms with Gasteiger partial charge in [-0.25, -0.2) is 0 Å². The van der Waals surface area contributed by atoms with Crippen LogP contribution < -0.4 is 5.32 Å². The smallest absolute Gasteiger partial charge is 0.0420 e. The second-order valence-electron chi connectivity index (χ2n) is 4.86. The number of hydrogen-bond acceptors (Lipinski definition) is 2. The first-order valence-electron chi connectivity index (χ1n) is 6.62. The van der Waals surface area contributed by atoms with Crippen LogP contribution in [0.15, 0.2) is 22.7 Å². The van der Waals surface area contributed by atoms with E-state index in [4.69, 9.17) is 11.6 Å². The lowest BCUT2D eigenvalue weighted by molar-refractivity contribution is 0.331. The van der Waals surface area contributed by atoms with Gasteiger partial charge in [0.2, 0.25) is 0 Å². The van der Waals surface area contributed by atoms with Crippen LogP contribution in [-0.2, 0) is 6.54 Å². The first-order valence-corrected chi connectivity index (χ1v) is 7.79. The first kappa shape index (κ1) is 14.3. The predicted molar refractivity (Wildman–Crippen MR) is 81.1 cm³/mol. The van der Waals surface area contributed by atoms with E-state index in [9.17, 15) is 0 Å². The third-order valence-electron chi connectivity index (χ3n) is 3.28. The molecule has 1 aromatic rings. The highest BCUT2D eigenvalue weighted by molar-refractivity contribution is 9.10. The molecule has 0 saturated carbocycles. The molecule has 18 heavy (non-hydrogen) atoms. The van der Waals surface area contributed by atoms with Crippen LogP contribution in [0.3, 0.4) is 0 Å². The molecule has 0 radical (unpaired) electrons. The molecule has 1 aliphatic heterocycles. The van der Waals surface area contributed by atoms with Gasteiger partial charge in [-0.15, -0.1) is 0 Å². The summed E-state index contributed by atoms with van der Waals surface area (Å²) in [5.74, 6) is 0. The highest BCUT2D eigenvalue weighted by atomic mass is 79.9. The van der Waals surface area contributed by atoms with Crippen LogP contribution in [0.1, 0.15) is 24.8 Å². The summed E-state index contributed by atoms with van der Waals surface area (Å²) in [5.41, 5.74) is 1.23. The van der Waals surface area contributed by atoms with Crippen LogP contribution in [0.5, 0.6) is 0 Å². The zero-order chi connectivity index (χ0) is 12.8. The minimum Gasteiger partial charge on any atom is -0.313 e. The molecule has 0 aliphatic carbocycles. The first-order chi connectivity index (χ1) is 8.74. The van der Waals surface area contributed by atoms with Crippen LogP contribution >= 0.6 is 27.5 Å². The summed E-state index contributed by atoms with van der Waals surface area (Å²) >= 11 is 9.47. The van der Waals surface area contributed by atoms with Crippen molar-refractivity contribution in [2.45, 2.75) is 25.8 Å². The summed E-state index contributed by atoms with van der Waals surface area (Å²) in [6.07, 6.45) is 3.98. The summed E-state index contributed by atoms with van der Waals surface area (Å²) in [6.45, 7) is 5.77. The maximum absolute atomic E-state index is 6.01. The number of rotatable bonds is 6. The predicted octanol–water partition coefficient (Wildman–Crippen LogP) is 3.68. The van der Waals surface area contributed by atoms with E-state index in [1.165, 1.54) is 44.5 Å². The molecule has 0 spiro atoms. The number of benzene rings is 1. The van der Waals surface area contributed by atoms with Gasteiger partial charge in [0.25, 0.3) is 0 Å². The Bertz CT molecular complexity index is 358. The van der Waals surface area contributed by atoms with Gasteiger partial charge in [0, 0.05) is 16.0 Å². The highest BCUT2D eigenvalue weighted by Crippen LogP contribution is 2.19. The molecular formula is C14H20BrClN2. The molecule has 0 unspecified atom stereocenters. The lowest BCUT2D eigenvalue weighted by atomic mass is 10.2. The Morgan fingerprint density at radius 3 is 2.72 bits per heavy atom. The van der Waals surface area contributed by atoms with Gasteiger partial charge < -0.3 is 10.2 Å². The Kier molecular flexibility index (Phi) is 5.96. The van der Waals surface area contributed by atoms with Crippen molar-refractivity contribution in [3.8, 4) is 0 Å². The molecule has 1 aromatic carbocycles. The van der Waals surface area contributed by atoms with E-state index in [0.717, 1.165) is 22.6 Å². The van der Waals surface area contributed by atoms with E-state index in [2.05, 4.69) is 32.2 Å². The van der Waals surface area contributed by atoms with Crippen molar-refractivity contribution < 1.29 is 0 Å². The number of nitrogens with zero attached hydrogens (tertiary/aromatic N) is 1. The van der Waals surface area contributed by atoms with Crippen molar-refractivity contribution in [3.63, 3.8) is 0 Å². The molecule has 1 aliphatic rings. The third-order valence-corrected chi connectivity index (χ3v) is 3.95. The topological polar surface area (TPSA) is 15.3 Å². The van der Waals surface area contributed by atoms with Crippen molar-refractivity contribution in [2.75, 3.05) is 26.2 Å². The minimum absolute atomic E-state index is 0.790. The fourth-order valence-corrected chi connectivity index (χ4v) is 3.31. The summed E-state index contributed by atoms with van der Waals surface area (Å²) in [6, 6.07) is 6.04. The highest BCUT2D eigenvalue weighted by Gasteiger charge is 2.09. The van der Waals surface area contributed by atoms with Crippen LogP contribution in [0.2, 0.25) is 5.02 Å². The molecule has 100 valence electrons. The van der Waals surface area contributed by atoms with Gasteiger partial charge in [0.05, 0.1) is 0 Å². The molecular weight excluding hydrogens is 312 g/mol. The lowest BCUT2D eigenvalue weighted by Crippen LogP contribution is -2.24. The Labute approximate surface area is 123 Å². The molecule has 1 fully saturated rings. The van der Waals surface area contributed by atoms with E-state index < -0.39 is 0 Å². The molecule has 0 bridgehead atoms. The largest absolute Gasteiger partial charge is 0.313 e. The average molecular weight is 332 g/mol. The Hall–Kier alpha value is -0.0900. The zero-order valence-electron chi connectivity index (χ0n) is 10.6. The molecule has 0 atom stereocenters. The molecule has 1 N–H and O–H groups in total. The van der Waals surface area contributed by atoms with E-state index in [1.54, 1.807) is 0 Å². The Morgan fingerprint density at radius 1 is 1.22 bits per heavy atom. The van der Waals surface area contributed by atoms with Crippen LogP contribution in [0.25, 0.3) is 0 Å². The van der Waals surface area contributed by atoms with Crippen LogP contribution in [0.4, 0.5) is 0 Å². The number of halogens is 2. The number of likely N-dealkylation sites (tertiary alicyclic amines) is 1. The maximum Gasteiger partial charge on any atom is 0.0420 e. The van der Waals surface area contributed by atoms with Gasteiger partial charge in [-0.2, -0.15) is 0 Å². The monoisotopic (exact) mass is 330 g/mol. The number of hydrogen-bond donors (Lipinski definition) is 1. The molecule has 2 rings (SSSR count). The SMILES string of the molecule is Clc1cc(Br)cc(CNCCCN2CCCC2)c1. The summed E-state index contributed by atoms with van der Waals surface area (Å²) < 4.78 is 1.05. The second kappa shape index (κ2) is 7.49. The van der Waals surface area contributed by atoms with Crippen molar-refractivity contribution in [1.82, 2.24) is 10.2 Å². The van der Waals surface area contributed by atoms with E-state index in [1.807, 2.05) is 12.1 Å². The normalized spacial score (nSPS) is 16.3. The molecule has 4 heteroatoms. The van der Waals surface area contributed by atoms with E-state index in [0.29, 0.717) is 0 Å². The van der Waals surface area contributed by atoms with Crippen molar-refractivity contribution in [1.29, 1.82) is 0 Å². The van der Waals surface area contributed by atoms with Gasteiger partial charge in [-0.05, 0) is 69.2 Å². The van der Waals surface area contributed by atoms with Crippen LogP contribution in [0, 0.1) is 0 Å². The molecule has 1 heterocycles. The summed E-state index contributed by atoms with van der Waals surface area (Å²) in [5, 5.41) is 4.26. The molecule has 1 saturated heterocycles. The van der Waals surface area contributed by atoms with Crippen LogP contribution in [-0.4, -0.2) is 31.1 Å². The van der Waals surface area contributed by atoms with E-state index in [-0.39, 0.29) is 0 Å². The van der Waals surface area contributed by atoms with Gasteiger partial charge in [-0.3, -0.25) is 0 Å². The molecule has 2 nitrogen and oxygen atoms in total. The van der Waals surface area contributed by atoms with Crippen molar-refractivity contribution in [2.24, 2.45) is 0 Å². The fourth-order valence-electron chi connectivity index (χ4n) is 2.38. The van der Waals surface area contributed by atoms with Crippen molar-refractivity contribution >= 4 is 27.5 Å². The quantitative estimate of drug-likeness (QED) is 0.800. The standard InChI is InChI=1S/C14H20BrClN2/c15-13-8-12(9-14(16)10-13)11-17-4-3-7-18-5-1-2-6-18/h8-10,17H,1-7,11H2.